The molecule has 0 radical (unpaired) electrons. The van der Waals surface area contributed by atoms with Crippen LogP contribution in [0.5, 0.6) is 0 Å². The Morgan fingerprint density at radius 1 is 1.56 bits per heavy atom. The predicted octanol–water partition coefficient (Wildman–Crippen LogP) is 3.13. The van der Waals surface area contributed by atoms with Crippen molar-refractivity contribution in [1.29, 1.82) is 5.26 Å². The lowest BCUT2D eigenvalue weighted by Gasteiger charge is -2.06. The fourth-order valence-corrected chi connectivity index (χ4v) is 1.85. The molecular formula is C11H9Cl2NO2. The van der Waals surface area contributed by atoms with E-state index in [1.807, 2.05) is 6.07 Å². The van der Waals surface area contributed by atoms with Crippen molar-refractivity contribution in [1.82, 2.24) is 0 Å². The number of alkyl halides is 1. The number of nitrogens with zero attached hydrogens (tertiary/aromatic N) is 1. The predicted molar refractivity (Wildman–Crippen MR) is 61.7 cm³/mol. The summed E-state index contributed by atoms with van der Waals surface area (Å²) in [4.78, 5) is 11.4. The highest BCUT2D eigenvalue weighted by atomic mass is 35.5. The molecule has 0 N–H and O–H groups in total. The van der Waals surface area contributed by atoms with Gasteiger partial charge in [0.15, 0.2) is 0 Å². The van der Waals surface area contributed by atoms with Gasteiger partial charge in [0.1, 0.15) is 0 Å². The molecule has 0 amide bonds. The molecular weight excluding hydrogens is 249 g/mol. The second-order valence-electron chi connectivity index (χ2n) is 2.95. The zero-order valence-electron chi connectivity index (χ0n) is 8.59. The molecule has 1 rings (SSSR count). The van der Waals surface area contributed by atoms with Gasteiger partial charge in [0.05, 0.1) is 29.7 Å². The summed E-state index contributed by atoms with van der Waals surface area (Å²) in [5, 5.41) is 9.19. The Labute approximate surface area is 104 Å². The Morgan fingerprint density at radius 2 is 2.25 bits per heavy atom. The summed E-state index contributed by atoms with van der Waals surface area (Å²) >= 11 is 11.6. The van der Waals surface area contributed by atoms with Crippen molar-refractivity contribution < 1.29 is 9.53 Å². The van der Waals surface area contributed by atoms with Crippen LogP contribution in [0.1, 0.15) is 28.4 Å². The number of esters is 1. The van der Waals surface area contributed by atoms with Gasteiger partial charge in [-0.2, -0.15) is 5.26 Å². The maximum atomic E-state index is 11.4. The molecule has 0 heterocycles. The van der Waals surface area contributed by atoms with E-state index < -0.39 is 5.97 Å². The molecule has 0 aromatic heterocycles. The molecule has 0 fully saturated rings. The van der Waals surface area contributed by atoms with Gasteiger partial charge in [-0.15, -0.1) is 11.6 Å². The number of hydrogen-bond acceptors (Lipinski definition) is 3. The topological polar surface area (TPSA) is 50.1 Å². The summed E-state index contributed by atoms with van der Waals surface area (Å²) in [5.41, 5.74) is 1.08. The highest BCUT2D eigenvalue weighted by molar-refractivity contribution is 6.32. The molecule has 1 aromatic carbocycles. The Hall–Kier alpha value is -1.24. The molecule has 0 aliphatic heterocycles. The maximum absolute atomic E-state index is 11.4. The molecule has 5 heteroatoms. The van der Waals surface area contributed by atoms with E-state index in [4.69, 9.17) is 33.2 Å². The van der Waals surface area contributed by atoms with Crippen LogP contribution >= 0.6 is 23.2 Å². The standard InChI is InChI=1S/C11H9Cl2NO2/c1-2-16-11(15)7-3-8(6-14)9(5-12)10(13)4-7/h3-4H,2,5H2,1H3. The number of hydrogen-bond donors (Lipinski definition) is 0. The van der Waals surface area contributed by atoms with Gasteiger partial charge in [-0.05, 0) is 19.1 Å². The number of rotatable bonds is 3. The fourth-order valence-electron chi connectivity index (χ4n) is 1.20. The lowest BCUT2D eigenvalue weighted by atomic mass is 10.1. The van der Waals surface area contributed by atoms with Crippen LogP contribution < -0.4 is 0 Å². The molecule has 0 bridgehead atoms. The molecule has 0 atom stereocenters. The summed E-state index contributed by atoms with van der Waals surface area (Å²) in [7, 11) is 0. The van der Waals surface area contributed by atoms with Gasteiger partial charge in [-0.25, -0.2) is 4.79 Å². The number of benzene rings is 1. The molecule has 0 saturated heterocycles. The number of carbonyl (C=O) groups is 1. The molecule has 0 spiro atoms. The van der Waals surface area contributed by atoms with Crippen LogP contribution in [0.2, 0.25) is 5.02 Å². The van der Waals surface area contributed by atoms with Crippen LogP contribution in [0.25, 0.3) is 0 Å². The lowest BCUT2D eigenvalue weighted by molar-refractivity contribution is 0.0526. The second kappa shape index (κ2) is 5.74. The highest BCUT2D eigenvalue weighted by Gasteiger charge is 2.13. The van der Waals surface area contributed by atoms with E-state index in [0.717, 1.165) is 0 Å². The number of nitriles is 1. The Bertz CT molecular complexity index is 452. The Kier molecular flexibility index (Phi) is 4.60. The molecule has 84 valence electrons. The maximum Gasteiger partial charge on any atom is 0.338 e. The monoisotopic (exact) mass is 257 g/mol. The van der Waals surface area contributed by atoms with Crippen LogP contribution in [0.15, 0.2) is 12.1 Å². The third-order valence-corrected chi connectivity index (χ3v) is 2.57. The van der Waals surface area contributed by atoms with Crippen molar-refractivity contribution in [2.75, 3.05) is 6.61 Å². The average molecular weight is 258 g/mol. The first-order valence-corrected chi connectivity index (χ1v) is 5.50. The molecule has 0 unspecified atom stereocenters. The van der Waals surface area contributed by atoms with Crippen molar-refractivity contribution in [3.8, 4) is 6.07 Å². The van der Waals surface area contributed by atoms with Crippen molar-refractivity contribution >= 4 is 29.2 Å². The van der Waals surface area contributed by atoms with E-state index in [-0.39, 0.29) is 18.1 Å². The lowest BCUT2D eigenvalue weighted by Crippen LogP contribution is -2.06. The third kappa shape index (κ3) is 2.66. The van der Waals surface area contributed by atoms with Gasteiger partial charge in [-0.3, -0.25) is 0 Å². The Balaban J connectivity index is 3.21. The van der Waals surface area contributed by atoms with E-state index >= 15 is 0 Å². The number of ether oxygens (including phenoxy) is 1. The minimum atomic E-state index is -0.498. The Morgan fingerprint density at radius 3 is 2.75 bits per heavy atom. The van der Waals surface area contributed by atoms with Gasteiger partial charge >= 0.3 is 5.97 Å². The second-order valence-corrected chi connectivity index (χ2v) is 3.62. The zero-order valence-corrected chi connectivity index (χ0v) is 10.1. The molecule has 0 saturated carbocycles. The summed E-state index contributed by atoms with van der Waals surface area (Å²) in [5.74, 6) is -0.368. The van der Waals surface area contributed by atoms with E-state index in [1.165, 1.54) is 12.1 Å². The number of carbonyl (C=O) groups excluding carboxylic acids is 1. The quantitative estimate of drug-likeness (QED) is 0.618. The van der Waals surface area contributed by atoms with Gasteiger partial charge < -0.3 is 4.74 Å². The van der Waals surface area contributed by atoms with Crippen molar-refractivity contribution in [3.63, 3.8) is 0 Å². The summed E-state index contributed by atoms with van der Waals surface area (Å²) in [6.45, 7) is 1.98. The fraction of sp³-hybridized carbons (Fsp3) is 0.273. The minimum absolute atomic E-state index is 0.130. The van der Waals surface area contributed by atoms with Crippen molar-refractivity contribution in [3.05, 3.63) is 33.8 Å². The van der Waals surface area contributed by atoms with Gasteiger partial charge in [0, 0.05) is 10.6 Å². The van der Waals surface area contributed by atoms with Crippen LogP contribution in [-0.2, 0) is 10.6 Å². The summed E-state index contributed by atoms with van der Waals surface area (Å²) < 4.78 is 4.82. The molecule has 0 aliphatic carbocycles. The van der Waals surface area contributed by atoms with Crippen LogP contribution in [0.3, 0.4) is 0 Å². The SMILES string of the molecule is CCOC(=O)c1cc(Cl)c(CCl)c(C#N)c1. The first-order chi connectivity index (χ1) is 7.63. The van der Waals surface area contributed by atoms with Crippen molar-refractivity contribution in [2.24, 2.45) is 0 Å². The van der Waals surface area contributed by atoms with E-state index in [0.29, 0.717) is 16.1 Å². The first kappa shape index (κ1) is 12.8. The third-order valence-electron chi connectivity index (χ3n) is 1.96. The average Bonchev–Trinajstić information content (AvgIpc) is 2.28. The van der Waals surface area contributed by atoms with Gasteiger partial charge in [0.25, 0.3) is 0 Å². The van der Waals surface area contributed by atoms with E-state index in [2.05, 4.69) is 0 Å². The summed E-state index contributed by atoms with van der Waals surface area (Å²) in [6, 6.07) is 4.84. The minimum Gasteiger partial charge on any atom is -0.462 e. The molecule has 16 heavy (non-hydrogen) atoms. The first-order valence-electron chi connectivity index (χ1n) is 4.59. The largest absolute Gasteiger partial charge is 0.462 e. The van der Waals surface area contributed by atoms with Gasteiger partial charge in [0.2, 0.25) is 0 Å². The van der Waals surface area contributed by atoms with Crippen LogP contribution in [0.4, 0.5) is 0 Å². The number of halogens is 2. The molecule has 1 aromatic rings. The van der Waals surface area contributed by atoms with Gasteiger partial charge in [-0.1, -0.05) is 11.6 Å². The molecule has 3 nitrogen and oxygen atoms in total. The zero-order chi connectivity index (χ0) is 12.1. The van der Waals surface area contributed by atoms with Crippen molar-refractivity contribution in [2.45, 2.75) is 12.8 Å². The van der Waals surface area contributed by atoms with Crippen LogP contribution in [0, 0.1) is 11.3 Å². The van der Waals surface area contributed by atoms with Crippen LogP contribution in [-0.4, -0.2) is 12.6 Å². The smallest absolute Gasteiger partial charge is 0.338 e. The normalized spacial score (nSPS) is 9.62. The highest BCUT2D eigenvalue weighted by Crippen LogP contribution is 2.24. The summed E-state index contributed by atoms with van der Waals surface area (Å²) in [6.07, 6.45) is 0. The molecule has 0 aliphatic rings. The van der Waals surface area contributed by atoms with E-state index in [9.17, 15) is 4.79 Å². The van der Waals surface area contributed by atoms with E-state index in [1.54, 1.807) is 6.92 Å².